The SMILES string of the molecule is Cc1cccc(F)c1N1CCC(n2c(=O)n(Cc3ccccc3C(F)(F)F)c3c(OCC(O)CO)nccc32)C1. The summed E-state index contributed by atoms with van der Waals surface area (Å²) >= 11 is 0. The van der Waals surface area contributed by atoms with Crippen LogP contribution in [0.3, 0.4) is 0 Å². The van der Waals surface area contributed by atoms with E-state index in [0.29, 0.717) is 30.7 Å². The van der Waals surface area contributed by atoms with Crippen molar-refractivity contribution in [3.63, 3.8) is 0 Å². The van der Waals surface area contributed by atoms with E-state index < -0.39 is 42.7 Å². The molecule has 2 unspecified atom stereocenters. The minimum absolute atomic E-state index is 0.0647. The van der Waals surface area contributed by atoms with Gasteiger partial charge in [0.2, 0.25) is 5.88 Å². The summed E-state index contributed by atoms with van der Waals surface area (Å²) in [6.45, 7) is 1.26. The zero-order chi connectivity index (χ0) is 28.6. The molecule has 212 valence electrons. The van der Waals surface area contributed by atoms with Crippen LogP contribution >= 0.6 is 0 Å². The van der Waals surface area contributed by atoms with Crippen molar-refractivity contribution < 1.29 is 32.5 Å². The lowest BCUT2D eigenvalue weighted by atomic mass is 10.1. The van der Waals surface area contributed by atoms with E-state index in [1.165, 1.54) is 39.6 Å². The van der Waals surface area contributed by atoms with Crippen LogP contribution in [0.4, 0.5) is 23.2 Å². The number of ether oxygens (including phenoxy) is 1. The molecule has 1 fully saturated rings. The maximum Gasteiger partial charge on any atom is 0.416 e. The van der Waals surface area contributed by atoms with Gasteiger partial charge < -0.3 is 19.8 Å². The summed E-state index contributed by atoms with van der Waals surface area (Å²) < 4.78 is 64.4. The Hall–Kier alpha value is -3.90. The van der Waals surface area contributed by atoms with Crippen molar-refractivity contribution in [2.24, 2.45) is 0 Å². The Morgan fingerprint density at radius 2 is 1.93 bits per heavy atom. The zero-order valence-corrected chi connectivity index (χ0v) is 21.6. The summed E-state index contributed by atoms with van der Waals surface area (Å²) in [6, 6.07) is 11.0. The number of nitrogens with zero attached hydrogens (tertiary/aromatic N) is 4. The number of alkyl halides is 3. The van der Waals surface area contributed by atoms with Crippen molar-refractivity contribution in [1.29, 1.82) is 0 Å². The van der Waals surface area contributed by atoms with Gasteiger partial charge >= 0.3 is 11.9 Å². The fraction of sp³-hybridized carbons (Fsp3) is 0.357. The number of hydrogen-bond donors (Lipinski definition) is 2. The van der Waals surface area contributed by atoms with Crippen LogP contribution in [0.2, 0.25) is 0 Å². The number of rotatable bonds is 8. The van der Waals surface area contributed by atoms with E-state index in [0.717, 1.165) is 11.6 Å². The number of aromatic nitrogens is 3. The van der Waals surface area contributed by atoms with E-state index in [9.17, 15) is 32.6 Å². The molecule has 0 radical (unpaired) electrons. The second-order valence-electron chi connectivity index (χ2n) is 9.82. The number of aliphatic hydroxyl groups is 2. The highest BCUT2D eigenvalue weighted by Gasteiger charge is 2.35. The molecule has 2 N–H and O–H groups in total. The fourth-order valence-corrected chi connectivity index (χ4v) is 5.32. The zero-order valence-electron chi connectivity index (χ0n) is 21.6. The van der Waals surface area contributed by atoms with Gasteiger partial charge in [-0.05, 0) is 42.7 Å². The van der Waals surface area contributed by atoms with Crippen LogP contribution in [0.15, 0.2) is 59.5 Å². The van der Waals surface area contributed by atoms with Crippen LogP contribution in [0, 0.1) is 12.7 Å². The van der Waals surface area contributed by atoms with Crippen molar-refractivity contribution in [3.8, 4) is 5.88 Å². The van der Waals surface area contributed by atoms with Crippen molar-refractivity contribution in [3.05, 3.63) is 87.7 Å². The van der Waals surface area contributed by atoms with Crippen LogP contribution in [0.25, 0.3) is 11.0 Å². The number of para-hydroxylation sites is 1. The summed E-state index contributed by atoms with van der Waals surface area (Å²) in [5.74, 6) is -0.438. The number of fused-ring (bicyclic) bond motifs is 1. The Balaban J connectivity index is 1.62. The van der Waals surface area contributed by atoms with Crippen LogP contribution < -0.4 is 15.3 Å². The molecule has 4 aromatic rings. The maximum absolute atomic E-state index is 14.7. The number of aliphatic hydroxyl groups excluding tert-OH is 2. The quantitative estimate of drug-likeness (QED) is 0.318. The molecular weight excluding hydrogens is 532 g/mol. The Kier molecular flexibility index (Phi) is 7.56. The largest absolute Gasteiger partial charge is 0.473 e. The van der Waals surface area contributed by atoms with E-state index in [-0.39, 0.29) is 29.4 Å². The van der Waals surface area contributed by atoms with Gasteiger partial charge in [-0.2, -0.15) is 13.2 Å². The molecule has 0 bridgehead atoms. The molecule has 2 aromatic carbocycles. The molecule has 2 atom stereocenters. The third-order valence-corrected chi connectivity index (χ3v) is 7.14. The standard InChI is InChI=1S/C28H28F4N4O4/c1-17-5-4-8-22(29)24(17)34-12-10-19(14-34)36-23-9-11-33-26(40-16-20(38)15-37)25(23)35(27(36)39)13-18-6-2-3-7-21(18)28(30,31)32/h2-9,11,19-20,37-38H,10,12-16H2,1H3. The molecule has 40 heavy (non-hydrogen) atoms. The highest BCUT2D eigenvalue weighted by atomic mass is 19.4. The first-order valence-corrected chi connectivity index (χ1v) is 12.8. The minimum atomic E-state index is -4.63. The molecule has 5 rings (SSSR count). The highest BCUT2D eigenvalue weighted by Crippen LogP contribution is 2.35. The van der Waals surface area contributed by atoms with E-state index in [2.05, 4.69) is 4.98 Å². The normalized spacial score (nSPS) is 16.6. The number of imidazole rings is 1. The van der Waals surface area contributed by atoms with E-state index in [4.69, 9.17) is 4.74 Å². The molecule has 12 heteroatoms. The number of pyridine rings is 1. The number of aryl methyl sites for hydroxylation is 1. The molecule has 0 aliphatic carbocycles. The summed E-state index contributed by atoms with van der Waals surface area (Å²) in [5, 5.41) is 19.0. The number of hydrogen-bond acceptors (Lipinski definition) is 6. The van der Waals surface area contributed by atoms with Gasteiger partial charge in [-0.15, -0.1) is 0 Å². The van der Waals surface area contributed by atoms with Crippen molar-refractivity contribution in [1.82, 2.24) is 14.1 Å². The van der Waals surface area contributed by atoms with Gasteiger partial charge in [0.25, 0.3) is 0 Å². The van der Waals surface area contributed by atoms with Gasteiger partial charge in [0.15, 0.2) is 0 Å². The molecule has 1 saturated heterocycles. The van der Waals surface area contributed by atoms with Crippen LogP contribution in [-0.2, 0) is 12.7 Å². The predicted molar refractivity (Wildman–Crippen MR) is 140 cm³/mol. The average molecular weight is 561 g/mol. The average Bonchev–Trinajstić information content (AvgIpc) is 3.49. The molecule has 0 amide bonds. The van der Waals surface area contributed by atoms with Gasteiger partial charge in [-0.3, -0.25) is 9.13 Å². The summed E-state index contributed by atoms with van der Waals surface area (Å²) in [5.41, 5.74) is 0.198. The fourth-order valence-electron chi connectivity index (χ4n) is 5.32. The Morgan fingerprint density at radius 3 is 2.65 bits per heavy atom. The second kappa shape index (κ2) is 10.9. The van der Waals surface area contributed by atoms with Crippen molar-refractivity contribution >= 4 is 16.7 Å². The number of anilines is 1. The molecule has 1 aliphatic heterocycles. The van der Waals surface area contributed by atoms with E-state index >= 15 is 0 Å². The molecule has 1 aliphatic rings. The minimum Gasteiger partial charge on any atom is -0.473 e. The molecular formula is C28H28F4N4O4. The lowest BCUT2D eigenvalue weighted by Gasteiger charge is -2.21. The second-order valence-corrected chi connectivity index (χ2v) is 9.82. The highest BCUT2D eigenvalue weighted by molar-refractivity contribution is 5.81. The molecule has 3 heterocycles. The van der Waals surface area contributed by atoms with Gasteiger partial charge in [0.05, 0.1) is 36.0 Å². The Bertz CT molecular complexity index is 1560. The topological polar surface area (TPSA) is 92.8 Å². The van der Waals surface area contributed by atoms with E-state index in [1.54, 1.807) is 25.1 Å². The molecule has 0 spiro atoms. The van der Waals surface area contributed by atoms with Crippen molar-refractivity contribution in [2.75, 3.05) is 31.2 Å². The van der Waals surface area contributed by atoms with Crippen LogP contribution in [0.1, 0.15) is 29.2 Å². The lowest BCUT2D eigenvalue weighted by molar-refractivity contribution is -0.138. The van der Waals surface area contributed by atoms with Crippen molar-refractivity contribution in [2.45, 2.75) is 38.2 Å². The maximum atomic E-state index is 14.7. The first-order chi connectivity index (χ1) is 19.1. The van der Waals surface area contributed by atoms with Gasteiger partial charge in [-0.25, -0.2) is 14.2 Å². The van der Waals surface area contributed by atoms with E-state index in [1.807, 2.05) is 4.90 Å². The van der Waals surface area contributed by atoms with Crippen LogP contribution in [0.5, 0.6) is 5.88 Å². The smallest absolute Gasteiger partial charge is 0.416 e. The van der Waals surface area contributed by atoms with Gasteiger partial charge in [-0.1, -0.05) is 30.3 Å². The monoisotopic (exact) mass is 560 g/mol. The third-order valence-electron chi connectivity index (χ3n) is 7.14. The summed E-state index contributed by atoms with van der Waals surface area (Å²) in [7, 11) is 0. The lowest BCUT2D eigenvalue weighted by Crippen LogP contribution is -2.30. The summed E-state index contributed by atoms with van der Waals surface area (Å²) in [4.78, 5) is 20.0. The van der Waals surface area contributed by atoms with Crippen LogP contribution in [-0.4, -0.2) is 56.7 Å². The first-order valence-electron chi connectivity index (χ1n) is 12.8. The number of halogens is 4. The third kappa shape index (κ3) is 5.16. The van der Waals surface area contributed by atoms with Gasteiger partial charge in [0.1, 0.15) is 24.0 Å². The first kappa shape index (κ1) is 27.7. The van der Waals surface area contributed by atoms with Gasteiger partial charge in [0, 0.05) is 19.3 Å². The Morgan fingerprint density at radius 1 is 1.15 bits per heavy atom. The molecule has 8 nitrogen and oxygen atoms in total. The summed E-state index contributed by atoms with van der Waals surface area (Å²) in [6.07, 6.45) is -3.96. The number of benzene rings is 2. The Labute approximate surface area is 226 Å². The predicted octanol–water partition coefficient (Wildman–Crippen LogP) is 3.90. The molecule has 2 aromatic heterocycles. The molecule has 0 saturated carbocycles.